The average Bonchev–Trinajstić information content (AvgIpc) is 3.63. The molecular formula is C31H44O3. The predicted octanol–water partition coefficient (Wildman–Crippen LogP) is 7.43. The van der Waals surface area contributed by atoms with Crippen LogP contribution in [0.3, 0.4) is 0 Å². The predicted molar refractivity (Wildman–Crippen MR) is 138 cm³/mol. The van der Waals surface area contributed by atoms with Crippen molar-refractivity contribution in [2.75, 3.05) is 6.61 Å². The molecule has 1 saturated heterocycles. The first-order valence-corrected chi connectivity index (χ1v) is 13.4. The van der Waals surface area contributed by atoms with Crippen LogP contribution in [0.1, 0.15) is 70.9 Å². The van der Waals surface area contributed by atoms with Crippen LogP contribution in [0.15, 0.2) is 60.7 Å². The minimum absolute atomic E-state index is 0.151. The van der Waals surface area contributed by atoms with Gasteiger partial charge >= 0.3 is 0 Å². The van der Waals surface area contributed by atoms with E-state index in [1.807, 2.05) is 6.07 Å². The van der Waals surface area contributed by atoms with Crippen LogP contribution >= 0.6 is 0 Å². The molecule has 2 aliphatic rings. The SMILES string of the molecule is CC[C@@H]1C[C@H]1[C@H](C[C@@H]1CC(C)C(C)(C)[C@H](CCOCc2ccccc2)O1)OCc1ccccc1. The average molecular weight is 465 g/mol. The molecule has 6 atom stereocenters. The Labute approximate surface area is 207 Å². The van der Waals surface area contributed by atoms with Crippen LogP contribution in [0.25, 0.3) is 0 Å². The molecule has 1 heterocycles. The van der Waals surface area contributed by atoms with E-state index in [0.29, 0.717) is 31.2 Å². The van der Waals surface area contributed by atoms with E-state index < -0.39 is 0 Å². The first-order valence-electron chi connectivity index (χ1n) is 13.4. The van der Waals surface area contributed by atoms with Crippen molar-refractivity contribution in [2.24, 2.45) is 23.2 Å². The fourth-order valence-electron chi connectivity index (χ4n) is 5.62. The van der Waals surface area contributed by atoms with Crippen LogP contribution in [-0.2, 0) is 27.4 Å². The van der Waals surface area contributed by atoms with Gasteiger partial charge in [0.25, 0.3) is 0 Å². The summed E-state index contributed by atoms with van der Waals surface area (Å²) in [6, 6.07) is 21.0. The van der Waals surface area contributed by atoms with Crippen LogP contribution in [0.5, 0.6) is 0 Å². The zero-order valence-electron chi connectivity index (χ0n) is 21.6. The van der Waals surface area contributed by atoms with E-state index in [0.717, 1.165) is 31.8 Å². The summed E-state index contributed by atoms with van der Waals surface area (Å²) in [7, 11) is 0. The van der Waals surface area contributed by atoms with E-state index in [9.17, 15) is 0 Å². The van der Waals surface area contributed by atoms with Crippen molar-refractivity contribution in [3.05, 3.63) is 71.8 Å². The van der Waals surface area contributed by atoms with Gasteiger partial charge in [-0.3, -0.25) is 0 Å². The molecule has 0 bridgehead atoms. The summed E-state index contributed by atoms with van der Waals surface area (Å²) in [6.07, 6.45) is 6.40. The Hall–Kier alpha value is -1.68. The van der Waals surface area contributed by atoms with Gasteiger partial charge in [-0.25, -0.2) is 0 Å². The second-order valence-corrected chi connectivity index (χ2v) is 11.2. The number of hydrogen-bond donors (Lipinski definition) is 0. The van der Waals surface area contributed by atoms with Crippen molar-refractivity contribution in [2.45, 2.75) is 91.3 Å². The molecular weight excluding hydrogens is 420 g/mol. The third-order valence-corrected chi connectivity index (χ3v) is 8.49. The van der Waals surface area contributed by atoms with E-state index in [-0.39, 0.29) is 17.6 Å². The molecule has 0 N–H and O–H groups in total. The minimum atomic E-state index is 0.151. The summed E-state index contributed by atoms with van der Waals surface area (Å²) in [5.41, 5.74) is 2.64. The third-order valence-electron chi connectivity index (χ3n) is 8.49. The van der Waals surface area contributed by atoms with Gasteiger partial charge in [-0.1, -0.05) is 94.8 Å². The molecule has 3 heteroatoms. The van der Waals surface area contributed by atoms with Crippen LogP contribution in [0.4, 0.5) is 0 Å². The molecule has 0 radical (unpaired) electrons. The van der Waals surface area contributed by atoms with Crippen molar-refractivity contribution in [1.82, 2.24) is 0 Å². The highest BCUT2D eigenvalue weighted by molar-refractivity contribution is 5.14. The number of hydrogen-bond acceptors (Lipinski definition) is 3. The van der Waals surface area contributed by atoms with Crippen LogP contribution < -0.4 is 0 Å². The number of ether oxygens (including phenoxy) is 3. The van der Waals surface area contributed by atoms with Gasteiger partial charge in [-0.15, -0.1) is 0 Å². The smallest absolute Gasteiger partial charge is 0.0720 e. The zero-order valence-corrected chi connectivity index (χ0v) is 21.6. The zero-order chi connectivity index (χ0) is 24.0. The fraction of sp³-hybridized carbons (Fsp3) is 0.613. The number of rotatable bonds is 12. The Morgan fingerprint density at radius 3 is 2.21 bits per heavy atom. The third kappa shape index (κ3) is 6.71. The van der Waals surface area contributed by atoms with Crippen LogP contribution in [0, 0.1) is 23.2 Å². The first kappa shape index (κ1) is 25.4. The highest BCUT2D eigenvalue weighted by atomic mass is 16.5. The van der Waals surface area contributed by atoms with E-state index in [4.69, 9.17) is 14.2 Å². The summed E-state index contributed by atoms with van der Waals surface area (Å²) < 4.78 is 19.4. The maximum absolute atomic E-state index is 6.79. The van der Waals surface area contributed by atoms with Gasteiger partial charge < -0.3 is 14.2 Å². The Bertz CT molecular complexity index is 849. The lowest BCUT2D eigenvalue weighted by molar-refractivity contribution is -0.164. The molecule has 0 spiro atoms. The van der Waals surface area contributed by atoms with Gasteiger partial charge in [-0.05, 0) is 53.6 Å². The maximum Gasteiger partial charge on any atom is 0.0720 e. The minimum Gasteiger partial charge on any atom is -0.377 e. The summed E-state index contributed by atoms with van der Waals surface area (Å²) in [5.74, 6) is 2.12. The monoisotopic (exact) mass is 464 g/mol. The van der Waals surface area contributed by atoms with Gasteiger partial charge in [0.1, 0.15) is 0 Å². The Kier molecular flexibility index (Phi) is 8.85. The summed E-state index contributed by atoms with van der Waals surface area (Å²) in [5, 5.41) is 0. The largest absolute Gasteiger partial charge is 0.377 e. The molecule has 2 fully saturated rings. The van der Waals surface area contributed by atoms with Gasteiger partial charge in [0.15, 0.2) is 0 Å². The normalized spacial score (nSPS) is 29.0. The lowest BCUT2D eigenvalue weighted by Crippen LogP contribution is -2.47. The standard InChI is InChI=1S/C31H44O3/c1-5-26-19-28(26)29(33-22-25-14-10-7-11-15-25)20-27-18-23(2)31(3,4)30(34-27)16-17-32-21-24-12-8-6-9-13-24/h6-15,23,26-30H,5,16-22H2,1-4H3/t23?,26-,27+,28-,29+,30+/m1/s1. The first-order chi connectivity index (χ1) is 16.5. The molecule has 1 aliphatic heterocycles. The Morgan fingerprint density at radius 2 is 1.59 bits per heavy atom. The highest BCUT2D eigenvalue weighted by Crippen LogP contribution is 2.48. The lowest BCUT2D eigenvalue weighted by atomic mass is 9.69. The van der Waals surface area contributed by atoms with Gasteiger partial charge in [0.05, 0.1) is 31.5 Å². The maximum atomic E-state index is 6.79. The molecule has 2 aromatic carbocycles. The fourth-order valence-corrected chi connectivity index (χ4v) is 5.62. The molecule has 34 heavy (non-hydrogen) atoms. The van der Waals surface area contributed by atoms with Crippen molar-refractivity contribution in [1.29, 1.82) is 0 Å². The molecule has 4 rings (SSSR count). The molecule has 3 nitrogen and oxygen atoms in total. The van der Waals surface area contributed by atoms with Gasteiger partial charge in [-0.2, -0.15) is 0 Å². The van der Waals surface area contributed by atoms with Crippen molar-refractivity contribution in [3.8, 4) is 0 Å². The summed E-state index contributed by atoms with van der Waals surface area (Å²) in [6.45, 7) is 11.5. The molecule has 1 unspecified atom stereocenters. The van der Waals surface area contributed by atoms with Crippen molar-refractivity contribution in [3.63, 3.8) is 0 Å². The van der Waals surface area contributed by atoms with Crippen LogP contribution in [0.2, 0.25) is 0 Å². The van der Waals surface area contributed by atoms with Gasteiger partial charge in [0.2, 0.25) is 0 Å². The molecule has 0 amide bonds. The molecule has 0 aromatic heterocycles. The van der Waals surface area contributed by atoms with E-state index in [2.05, 4.69) is 82.3 Å². The van der Waals surface area contributed by atoms with Gasteiger partial charge in [0, 0.05) is 13.0 Å². The Balaban J connectivity index is 1.32. The van der Waals surface area contributed by atoms with Crippen molar-refractivity contribution >= 4 is 0 Å². The second-order valence-electron chi connectivity index (χ2n) is 11.2. The molecule has 2 aromatic rings. The number of benzene rings is 2. The molecule has 1 aliphatic carbocycles. The van der Waals surface area contributed by atoms with E-state index in [1.165, 1.54) is 24.0 Å². The quantitative estimate of drug-likeness (QED) is 0.306. The Morgan fingerprint density at radius 1 is 0.941 bits per heavy atom. The summed E-state index contributed by atoms with van der Waals surface area (Å²) in [4.78, 5) is 0. The van der Waals surface area contributed by atoms with Crippen molar-refractivity contribution < 1.29 is 14.2 Å². The molecule has 186 valence electrons. The van der Waals surface area contributed by atoms with E-state index >= 15 is 0 Å². The summed E-state index contributed by atoms with van der Waals surface area (Å²) >= 11 is 0. The lowest BCUT2D eigenvalue weighted by Gasteiger charge is -2.47. The van der Waals surface area contributed by atoms with E-state index in [1.54, 1.807) is 0 Å². The second kappa shape index (κ2) is 11.8. The highest BCUT2D eigenvalue weighted by Gasteiger charge is 2.46. The topological polar surface area (TPSA) is 27.7 Å². The van der Waals surface area contributed by atoms with Crippen LogP contribution in [-0.4, -0.2) is 24.9 Å². The molecule has 1 saturated carbocycles.